The van der Waals surface area contributed by atoms with E-state index in [1.807, 2.05) is 13.8 Å². The highest BCUT2D eigenvalue weighted by Gasteiger charge is 2.30. The Morgan fingerprint density at radius 1 is 1.33 bits per heavy atom. The van der Waals surface area contributed by atoms with Gasteiger partial charge in [-0.1, -0.05) is 19.3 Å². The van der Waals surface area contributed by atoms with E-state index >= 15 is 0 Å². The zero-order valence-corrected chi connectivity index (χ0v) is 10.9. The van der Waals surface area contributed by atoms with Crippen molar-refractivity contribution in [2.75, 3.05) is 12.9 Å². The summed E-state index contributed by atoms with van der Waals surface area (Å²) in [6.45, 7) is 3.90. The third-order valence-corrected chi connectivity index (χ3v) is 4.61. The Morgan fingerprint density at radius 3 is 2.47 bits per heavy atom. The van der Waals surface area contributed by atoms with Gasteiger partial charge in [-0.3, -0.25) is 4.79 Å². The highest BCUT2D eigenvalue weighted by atomic mass is 32.2. The van der Waals surface area contributed by atoms with Gasteiger partial charge in [0.25, 0.3) is 0 Å². The third-order valence-electron chi connectivity index (χ3n) is 3.08. The maximum Gasteiger partial charge on any atom is 0.321 e. The maximum absolute atomic E-state index is 11.5. The Bertz CT molecular complexity index is 208. The standard InChI is InChI=1S/C12H22O2S/c1-12(2,11(13)14-3)15-9-10-7-5-4-6-8-10/h10H,4-9H2,1-3H3. The summed E-state index contributed by atoms with van der Waals surface area (Å²) in [5.74, 6) is 1.80. The van der Waals surface area contributed by atoms with Crippen molar-refractivity contribution in [3.05, 3.63) is 0 Å². The molecule has 0 saturated heterocycles. The van der Waals surface area contributed by atoms with Crippen molar-refractivity contribution in [3.8, 4) is 0 Å². The van der Waals surface area contributed by atoms with Crippen LogP contribution < -0.4 is 0 Å². The van der Waals surface area contributed by atoms with Crippen LogP contribution in [0, 0.1) is 5.92 Å². The van der Waals surface area contributed by atoms with Gasteiger partial charge in [0.15, 0.2) is 0 Å². The zero-order chi connectivity index (χ0) is 11.3. The summed E-state index contributed by atoms with van der Waals surface area (Å²) in [5.41, 5.74) is 0. The highest BCUT2D eigenvalue weighted by molar-refractivity contribution is 8.01. The first-order valence-electron chi connectivity index (χ1n) is 5.78. The van der Waals surface area contributed by atoms with Crippen LogP contribution in [0.3, 0.4) is 0 Å². The van der Waals surface area contributed by atoms with Crippen molar-refractivity contribution in [3.63, 3.8) is 0 Å². The number of hydrogen-bond acceptors (Lipinski definition) is 3. The predicted octanol–water partition coefficient (Wildman–Crippen LogP) is 3.25. The van der Waals surface area contributed by atoms with Crippen LogP contribution in [-0.4, -0.2) is 23.6 Å². The average molecular weight is 230 g/mol. The van der Waals surface area contributed by atoms with E-state index in [0.29, 0.717) is 0 Å². The molecule has 0 heterocycles. The minimum absolute atomic E-state index is 0.108. The van der Waals surface area contributed by atoms with Gasteiger partial charge in [-0.2, -0.15) is 0 Å². The van der Waals surface area contributed by atoms with Crippen molar-refractivity contribution in [2.45, 2.75) is 50.7 Å². The smallest absolute Gasteiger partial charge is 0.321 e. The van der Waals surface area contributed by atoms with E-state index in [1.54, 1.807) is 11.8 Å². The first-order chi connectivity index (χ1) is 7.06. The molecule has 88 valence electrons. The summed E-state index contributed by atoms with van der Waals surface area (Å²) in [5, 5.41) is 0. The molecule has 1 fully saturated rings. The van der Waals surface area contributed by atoms with Gasteiger partial charge in [0.1, 0.15) is 4.75 Å². The Morgan fingerprint density at radius 2 is 1.93 bits per heavy atom. The lowest BCUT2D eigenvalue weighted by Crippen LogP contribution is -2.30. The van der Waals surface area contributed by atoms with Crippen LogP contribution in [0.15, 0.2) is 0 Å². The molecule has 0 spiro atoms. The van der Waals surface area contributed by atoms with Gasteiger partial charge in [-0.15, -0.1) is 11.8 Å². The number of carbonyl (C=O) groups excluding carboxylic acids is 1. The Hall–Kier alpha value is -0.180. The monoisotopic (exact) mass is 230 g/mol. The van der Waals surface area contributed by atoms with Crippen LogP contribution in [0.4, 0.5) is 0 Å². The third kappa shape index (κ3) is 4.06. The molecule has 15 heavy (non-hydrogen) atoms. The van der Waals surface area contributed by atoms with E-state index in [1.165, 1.54) is 39.2 Å². The summed E-state index contributed by atoms with van der Waals surface area (Å²) in [7, 11) is 1.46. The second kappa shape index (κ2) is 5.78. The van der Waals surface area contributed by atoms with Gasteiger partial charge in [-0.05, 0) is 38.4 Å². The van der Waals surface area contributed by atoms with Gasteiger partial charge in [-0.25, -0.2) is 0 Å². The normalized spacial score (nSPS) is 18.9. The summed E-state index contributed by atoms with van der Waals surface area (Å²) in [6.07, 6.45) is 6.80. The Labute approximate surface area is 97.1 Å². The zero-order valence-electron chi connectivity index (χ0n) is 10.0. The van der Waals surface area contributed by atoms with E-state index in [0.717, 1.165) is 11.7 Å². The average Bonchev–Trinajstić information content (AvgIpc) is 2.27. The molecule has 0 aromatic rings. The molecule has 2 nitrogen and oxygen atoms in total. The summed E-state index contributed by atoms with van der Waals surface area (Å²) < 4.78 is 4.41. The van der Waals surface area contributed by atoms with Crippen molar-refractivity contribution >= 4 is 17.7 Å². The Kier molecular flexibility index (Phi) is 4.97. The largest absolute Gasteiger partial charge is 0.468 e. The molecule has 0 unspecified atom stereocenters. The van der Waals surface area contributed by atoms with Crippen LogP contribution in [-0.2, 0) is 9.53 Å². The Balaban J connectivity index is 2.31. The molecule has 0 amide bonds. The van der Waals surface area contributed by atoms with Crippen LogP contribution in [0.25, 0.3) is 0 Å². The number of ether oxygens (including phenoxy) is 1. The van der Waals surface area contributed by atoms with Crippen molar-refractivity contribution < 1.29 is 9.53 Å². The maximum atomic E-state index is 11.5. The van der Waals surface area contributed by atoms with Crippen LogP contribution in [0.5, 0.6) is 0 Å². The van der Waals surface area contributed by atoms with Gasteiger partial charge in [0.2, 0.25) is 0 Å². The molecule has 0 aromatic carbocycles. The fraction of sp³-hybridized carbons (Fsp3) is 0.917. The minimum Gasteiger partial charge on any atom is -0.468 e. The number of esters is 1. The first kappa shape index (κ1) is 12.9. The minimum atomic E-state index is -0.383. The molecule has 0 aliphatic heterocycles. The van der Waals surface area contributed by atoms with Gasteiger partial charge < -0.3 is 4.74 Å². The molecule has 0 atom stereocenters. The van der Waals surface area contributed by atoms with E-state index in [-0.39, 0.29) is 10.7 Å². The lowest BCUT2D eigenvalue weighted by molar-refractivity contribution is -0.142. The quantitative estimate of drug-likeness (QED) is 0.693. The molecule has 1 aliphatic rings. The molecule has 1 saturated carbocycles. The number of hydrogen-bond donors (Lipinski definition) is 0. The molecular weight excluding hydrogens is 208 g/mol. The molecule has 0 aromatic heterocycles. The number of methoxy groups -OCH3 is 1. The first-order valence-corrected chi connectivity index (χ1v) is 6.77. The van der Waals surface area contributed by atoms with Crippen LogP contribution >= 0.6 is 11.8 Å². The van der Waals surface area contributed by atoms with E-state index in [2.05, 4.69) is 0 Å². The second-order valence-corrected chi connectivity index (χ2v) is 6.46. The van der Waals surface area contributed by atoms with E-state index in [9.17, 15) is 4.79 Å². The van der Waals surface area contributed by atoms with Crippen molar-refractivity contribution in [1.29, 1.82) is 0 Å². The van der Waals surface area contributed by atoms with Crippen molar-refractivity contribution in [1.82, 2.24) is 0 Å². The van der Waals surface area contributed by atoms with Crippen molar-refractivity contribution in [2.24, 2.45) is 5.92 Å². The summed E-state index contributed by atoms with van der Waals surface area (Å²) in [4.78, 5) is 11.5. The molecule has 1 aliphatic carbocycles. The molecule has 0 radical (unpaired) electrons. The van der Waals surface area contributed by atoms with Crippen LogP contribution in [0.2, 0.25) is 0 Å². The van der Waals surface area contributed by atoms with Gasteiger partial charge >= 0.3 is 5.97 Å². The molecule has 0 bridgehead atoms. The van der Waals surface area contributed by atoms with E-state index in [4.69, 9.17) is 4.74 Å². The summed E-state index contributed by atoms with van der Waals surface area (Å²) in [6, 6.07) is 0. The molecule has 0 N–H and O–H groups in total. The number of rotatable bonds is 4. The fourth-order valence-corrected chi connectivity index (χ4v) is 3.17. The SMILES string of the molecule is COC(=O)C(C)(C)SCC1CCCCC1. The van der Waals surface area contributed by atoms with E-state index < -0.39 is 0 Å². The lowest BCUT2D eigenvalue weighted by Gasteiger charge is -2.26. The predicted molar refractivity (Wildman–Crippen MR) is 65.1 cm³/mol. The van der Waals surface area contributed by atoms with Crippen LogP contribution in [0.1, 0.15) is 46.0 Å². The topological polar surface area (TPSA) is 26.3 Å². The molecular formula is C12H22O2S. The highest BCUT2D eigenvalue weighted by Crippen LogP contribution is 2.33. The molecule has 1 rings (SSSR count). The lowest BCUT2D eigenvalue weighted by atomic mass is 9.91. The number of thioether (sulfide) groups is 1. The number of carbonyl (C=O) groups is 1. The summed E-state index contributed by atoms with van der Waals surface area (Å²) >= 11 is 1.74. The second-order valence-electron chi connectivity index (χ2n) is 4.82. The van der Waals surface area contributed by atoms with Gasteiger partial charge in [0.05, 0.1) is 7.11 Å². The fourth-order valence-electron chi connectivity index (χ4n) is 1.98. The molecule has 3 heteroatoms. The van der Waals surface area contributed by atoms with Gasteiger partial charge in [0, 0.05) is 0 Å².